The Labute approximate surface area is 168 Å². The van der Waals surface area contributed by atoms with Gasteiger partial charge in [-0.05, 0) is 48.4 Å². The first-order valence-electron chi connectivity index (χ1n) is 8.89. The molecule has 5 rings (SSSR count). The van der Waals surface area contributed by atoms with Crippen molar-refractivity contribution in [3.05, 3.63) is 98.5 Å². The van der Waals surface area contributed by atoms with Crippen LogP contribution >= 0.6 is 23.2 Å². The number of hydrogen-bond acceptors (Lipinski definition) is 2. The largest absolute Gasteiger partial charge is 0.488 e. The summed E-state index contributed by atoms with van der Waals surface area (Å²) in [6, 6.07) is 20.4. The third-order valence-electron chi connectivity index (χ3n) is 5.26. The van der Waals surface area contributed by atoms with Gasteiger partial charge in [0, 0.05) is 32.8 Å². The molecule has 2 aliphatic heterocycles. The Hall–Kier alpha value is -2.42. The van der Waals surface area contributed by atoms with E-state index in [-0.39, 0.29) is 5.92 Å². The van der Waals surface area contributed by atoms with E-state index in [1.165, 1.54) is 16.7 Å². The van der Waals surface area contributed by atoms with Crippen molar-refractivity contribution in [3.8, 4) is 5.75 Å². The minimum Gasteiger partial charge on any atom is -0.488 e. The quantitative estimate of drug-likeness (QED) is 0.498. The van der Waals surface area contributed by atoms with E-state index < -0.39 is 0 Å². The maximum Gasteiger partial charge on any atom is 0.129 e. The van der Waals surface area contributed by atoms with E-state index >= 15 is 0 Å². The minimum atomic E-state index is 0.0225. The molecule has 1 atom stereocenters. The summed E-state index contributed by atoms with van der Waals surface area (Å²) in [7, 11) is 0. The third-order valence-corrected chi connectivity index (χ3v) is 5.82. The van der Waals surface area contributed by atoms with Gasteiger partial charge in [-0.3, -0.25) is 0 Å². The Bertz CT molecular complexity index is 1100. The molecule has 2 heterocycles. The number of fused-ring (bicyclic) bond motifs is 3. The van der Waals surface area contributed by atoms with Crippen molar-refractivity contribution in [2.24, 2.45) is 0 Å². The molecule has 2 aliphatic rings. The Morgan fingerprint density at radius 3 is 2.67 bits per heavy atom. The topological polar surface area (TPSA) is 21.3 Å². The molecular weight excluding hydrogens is 377 g/mol. The normalized spacial score (nSPS) is 17.4. The molecule has 134 valence electrons. The van der Waals surface area contributed by atoms with Gasteiger partial charge in [-0.1, -0.05) is 59.1 Å². The zero-order chi connectivity index (χ0) is 18.5. The van der Waals surface area contributed by atoms with Crippen LogP contribution in [0.15, 0.2) is 66.2 Å². The number of nitrogens with one attached hydrogen (secondary N) is 1. The van der Waals surface area contributed by atoms with Crippen LogP contribution in [0.3, 0.4) is 0 Å². The van der Waals surface area contributed by atoms with Crippen LogP contribution in [0.2, 0.25) is 10.0 Å². The Morgan fingerprint density at radius 1 is 0.963 bits per heavy atom. The molecule has 1 unspecified atom stereocenters. The van der Waals surface area contributed by atoms with E-state index in [0.717, 1.165) is 28.3 Å². The van der Waals surface area contributed by atoms with Crippen molar-refractivity contribution in [3.63, 3.8) is 0 Å². The number of halogens is 2. The Morgan fingerprint density at radius 2 is 1.81 bits per heavy atom. The van der Waals surface area contributed by atoms with Gasteiger partial charge >= 0.3 is 0 Å². The fourth-order valence-electron chi connectivity index (χ4n) is 4.02. The average Bonchev–Trinajstić information content (AvgIpc) is 2.67. The summed E-state index contributed by atoms with van der Waals surface area (Å²) in [5.74, 6) is 0.925. The van der Waals surface area contributed by atoms with Crippen molar-refractivity contribution >= 4 is 34.6 Å². The molecular formula is C23H17Cl2NO. The lowest BCUT2D eigenvalue weighted by Gasteiger charge is -2.36. The molecule has 0 amide bonds. The first-order valence-corrected chi connectivity index (χ1v) is 9.65. The summed E-state index contributed by atoms with van der Waals surface area (Å²) in [6.07, 6.45) is 0. The van der Waals surface area contributed by atoms with Crippen molar-refractivity contribution in [2.45, 2.75) is 12.8 Å². The molecule has 0 saturated heterocycles. The summed E-state index contributed by atoms with van der Waals surface area (Å²) in [4.78, 5) is 0. The van der Waals surface area contributed by atoms with Gasteiger partial charge in [-0.15, -0.1) is 0 Å². The maximum atomic E-state index is 6.63. The van der Waals surface area contributed by atoms with Crippen molar-refractivity contribution in [1.29, 1.82) is 0 Å². The van der Waals surface area contributed by atoms with Gasteiger partial charge in [-0.2, -0.15) is 0 Å². The summed E-state index contributed by atoms with van der Waals surface area (Å²) in [5, 5.41) is 4.96. The van der Waals surface area contributed by atoms with Crippen LogP contribution in [0.25, 0.3) is 5.70 Å². The van der Waals surface area contributed by atoms with Crippen LogP contribution in [0.4, 0.5) is 5.69 Å². The van der Waals surface area contributed by atoms with Crippen LogP contribution in [0, 0.1) is 6.92 Å². The molecule has 0 aromatic heterocycles. The first-order chi connectivity index (χ1) is 13.1. The van der Waals surface area contributed by atoms with Crippen LogP contribution in [-0.4, -0.2) is 6.61 Å². The zero-order valence-electron chi connectivity index (χ0n) is 14.7. The van der Waals surface area contributed by atoms with E-state index in [2.05, 4.69) is 36.5 Å². The number of aryl methyl sites for hydroxylation is 1. The number of para-hydroxylation sites is 1. The predicted octanol–water partition coefficient (Wildman–Crippen LogP) is 6.66. The smallest absolute Gasteiger partial charge is 0.129 e. The molecule has 3 aromatic carbocycles. The second-order valence-electron chi connectivity index (χ2n) is 7.00. The average molecular weight is 394 g/mol. The summed E-state index contributed by atoms with van der Waals surface area (Å²) in [6.45, 7) is 2.63. The second kappa shape index (κ2) is 6.33. The van der Waals surface area contributed by atoms with Crippen molar-refractivity contribution in [1.82, 2.24) is 0 Å². The van der Waals surface area contributed by atoms with Gasteiger partial charge in [0.05, 0.1) is 5.70 Å². The van der Waals surface area contributed by atoms with Gasteiger partial charge < -0.3 is 10.1 Å². The molecule has 27 heavy (non-hydrogen) atoms. The van der Waals surface area contributed by atoms with Gasteiger partial charge in [0.15, 0.2) is 0 Å². The highest BCUT2D eigenvalue weighted by Gasteiger charge is 2.34. The fourth-order valence-corrected chi connectivity index (χ4v) is 4.54. The van der Waals surface area contributed by atoms with Crippen LogP contribution < -0.4 is 10.1 Å². The highest BCUT2D eigenvalue weighted by Crippen LogP contribution is 2.49. The lowest BCUT2D eigenvalue weighted by atomic mass is 9.78. The number of anilines is 1. The molecule has 4 heteroatoms. The molecule has 0 fully saturated rings. The highest BCUT2D eigenvalue weighted by atomic mass is 35.5. The standard InChI is InChI=1S/C23H17Cl2NO/c1-13-6-9-20-17(10-13)22(15-8-7-14(24)11-19(15)25)18-12-27-21-5-3-2-4-16(21)23(18)26-20/h2-11,22,26H,12H2,1H3. The monoisotopic (exact) mass is 393 g/mol. The minimum absolute atomic E-state index is 0.0225. The first kappa shape index (κ1) is 16.7. The molecule has 2 nitrogen and oxygen atoms in total. The van der Waals surface area contributed by atoms with Crippen molar-refractivity contribution < 1.29 is 4.74 Å². The van der Waals surface area contributed by atoms with E-state index in [1.807, 2.05) is 36.4 Å². The number of ether oxygens (including phenoxy) is 1. The maximum absolute atomic E-state index is 6.63. The van der Waals surface area contributed by atoms with Crippen LogP contribution in [0.1, 0.15) is 28.2 Å². The molecule has 1 N–H and O–H groups in total. The van der Waals surface area contributed by atoms with Crippen molar-refractivity contribution in [2.75, 3.05) is 11.9 Å². The molecule has 0 spiro atoms. The zero-order valence-corrected chi connectivity index (χ0v) is 16.2. The lowest BCUT2D eigenvalue weighted by Crippen LogP contribution is -2.25. The van der Waals surface area contributed by atoms with Crippen LogP contribution in [-0.2, 0) is 0 Å². The van der Waals surface area contributed by atoms with E-state index in [1.54, 1.807) is 0 Å². The summed E-state index contributed by atoms with van der Waals surface area (Å²) < 4.78 is 6.09. The van der Waals surface area contributed by atoms with Gasteiger partial charge in [0.2, 0.25) is 0 Å². The van der Waals surface area contributed by atoms with E-state index in [4.69, 9.17) is 27.9 Å². The van der Waals surface area contributed by atoms with E-state index in [9.17, 15) is 0 Å². The third kappa shape index (κ3) is 2.72. The van der Waals surface area contributed by atoms with Gasteiger partial charge in [0.25, 0.3) is 0 Å². The van der Waals surface area contributed by atoms with E-state index in [0.29, 0.717) is 16.7 Å². The number of hydrogen-bond donors (Lipinski definition) is 1. The van der Waals surface area contributed by atoms with Gasteiger partial charge in [-0.25, -0.2) is 0 Å². The lowest BCUT2D eigenvalue weighted by molar-refractivity contribution is 0.339. The molecule has 0 aliphatic carbocycles. The highest BCUT2D eigenvalue weighted by molar-refractivity contribution is 6.35. The number of benzene rings is 3. The molecule has 0 radical (unpaired) electrons. The van der Waals surface area contributed by atoms with Crippen LogP contribution in [0.5, 0.6) is 5.75 Å². The second-order valence-corrected chi connectivity index (χ2v) is 7.84. The summed E-state index contributed by atoms with van der Waals surface area (Å²) >= 11 is 12.8. The predicted molar refractivity (Wildman–Crippen MR) is 112 cm³/mol. The molecule has 0 saturated carbocycles. The molecule has 3 aromatic rings. The van der Waals surface area contributed by atoms with Gasteiger partial charge in [0.1, 0.15) is 12.4 Å². The Balaban J connectivity index is 1.78. The SMILES string of the molecule is Cc1ccc2c(c1)C(c1ccc(Cl)cc1Cl)C1=C(N2)c2ccccc2OC1. The summed E-state index contributed by atoms with van der Waals surface area (Å²) in [5.41, 5.74) is 7.96. The fraction of sp³-hybridized carbons (Fsp3) is 0.130. The Kier molecular flexibility index (Phi) is 3.92. The molecule has 0 bridgehead atoms. The number of rotatable bonds is 1.